The van der Waals surface area contributed by atoms with Crippen LogP contribution in [0.3, 0.4) is 0 Å². The summed E-state index contributed by atoms with van der Waals surface area (Å²) in [7, 11) is 0. The van der Waals surface area contributed by atoms with Gasteiger partial charge in [0.1, 0.15) is 0 Å². The number of aliphatic hydroxyl groups is 1. The third kappa shape index (κ3) is 3.75. The van der Waals surface area contributed by atoms with Gasteiger partial charge in [-0.2, -0.15) is 0 Å². The fourth-order valence-electron chi connectivity index (χ4n) is 5.26. The van der Waals surface area contributed by atoms with Gasteiger partial charge in [-0.25, -0.2) is 0 Å². The van der Waals surface area contributed by atoms with Crippen molar-refractivity contribution in [3.63, 3.8) is 0 Å². The normalized spacial score (nSPS) is 30.7. The van der Waals surface area contributed by atoms with Crippen molar-refractivity contribution in [3.05, 3.63) is 24.3 Å². The van der Waals surface area contributed by atoms with E-state index >= 15 is 0 Å². The smallest absolute Gasteiger partial charge is 0.230 e. The van der Waals surface area contributed by atoms with E-state index in [1.165, 1.54) is 6.92 Å². The predicted octanol–water partition coefficient (Wildman–Crippen LogP) is 2.77. The van der Waals surface area contributed by atoms with E-state index in [2.05, 4.69) is 15.1 Å². The second-order valence-corrected chi connectivity index (χ2v) is 8.74. The van der Waals surface area contributed by atoms with Gasteiger partial charge in [-0.05, 0) is 69.2 Å². The molecule has 2 aliphatic heterocycles. The molecule has 28 heavy (non-hydrogen) atoms. The van der Waals surface area contributed by atoms with Crippen LogP contribution in [0.15, 0.2) is 24.3 Å². The Morgan fingerprint density at radius 3 is 2.50 bits per heavy atom. The van der Waals surface area contributed by atoms with Gasteiger partial charge in [0.15, 0.2) is 0 Å². The number of rotatable bonds is 3. The molecular formula is C22H31N3O3. The molecule has 2 heterocycles. The Morgan fingerprint density at radius 2 is 1.82 bits per heavy atom. The lowest BCUT2D eigenvalue weighted by atomic mass is 9.78. The molecule has 2 amide bonds. The zero-order valence-electron chi connectivity index (χ0n) is 16.7. The molecule has 1 aromatic carbocycles. The number of piperidine rings is 1. The van der Waals surface area contributed by atoms with E-state index in [0.29, 0.717) is 11.9 Å². The second kappa shape index (κ2) is 7.74. The summed E-state index contributed by atoms with van der Waals surface area (Å²) in [6.07, 6.45) is 6.23. The number of amides is 2. The predicted molar refractivity (Wildman–Crippen MR) is 109 cm³/mol. The molecule has 6 heteroatoms. The highest BCUT2D eigenvalue weighted by Crippen LogP contribution is 2.43. The Labute approximate surface area is 166 Å². The van der Waals surface area contributed by atoms with Gasteiger partial charge in [-0.15, -0.1) is 0 Å². The summed E-state index contributed by atoms with van der Waals surface area (Å²) in [5, 5.41) is 12.6. The molecule has 0 bridgehead atoms. The summed E-state index contributed by atoms with van der Waals surface area (Å²) < 4.78 is 0. The van der Waals surface area contributed by atoms with Crippen molar-refractivity contribution in [2.24, 2.45) is 5.41 Å². The minimum atomic E-state index is -0.259. The van der Waals surface area contributed by atoms with Crippen molar-refractivity contribution in [1.82, 2.24) is 4.90 Å². The molecule has 0 radical (unpaired) electrons. The molecule has 152 valence electrons. The van der Waals surface area contributed by atoms with Crippen molar-refractivity contribution in [2.45, 2.75) is 64.0 Å². The highest BCUT2D eigenvalue weighted by molar-refractivity contribution is 5.89. The molecule has 1 aliphatic carbocycles. The van der Waals surface area contributed by atoms with Crippen molar-refractivity contribution in [2.75, 3.05) is 29.9 Å². The molecule has 1 atom stereocenters. The van der Waals surface area contributed by atoms with Gasteiger partial charge in [0.05, 0.1) is 11.5 Å². The van der Waals surface area contributed by atoms with Crippen LogP contribution in [-0.4, -0.2) is 53.6 Å². The van der Waals surface area contributed by atoms with E-state index in [0.717, 1.165) is 76.0 Å². The second-order valence-electron chi connectivity index (χ2n) is 8.74. The Kier molecular flexibility index (Phi) is 5.32. The fourth-order valence-corrected chi connectivity index (χ4v) is 5.26. The van der Waals surface area contributed by atoms with Crippen LogP contribution in [0.1, 0.15) is 51.9 Å². The number of carbonyl (C=O) groups is 2. The van der Waals surface area contributed by atoms with Crippen LogP contribution in [0.25, 0.3) is 0 Å². The van der Waals surface area contributed by atoms with Crippen LogP contribution in [0.5, 0.6) is 0 Å². The number of benzene rings is 1. The van der Waals surface area contributed by atoms with E-state index in [1.54, 1.807) is 0 Å². The lowest BCUT2D eigenvalue weighted by molar-refractivity contribution is -0.139. The van der Waals surface area contributed by atoms with Gasteiger partial charge in [-0.3, -0.25) is 9.59 Å². The van der Waals surface area contributed by atoms with Gasteiger partial charge < -0.3 is 20.2 Å². The van der Waals surface area contributed by atoms with Crippen LogP contribution >= 0.6 is 0 Å². The third-order valence-corrected chi connectivity index (χ3v) is 6.78. The molecule has 2 saturated heterocycles. The molecular weight excluding hydrogens is 354 g/mol. The Bertz CT molecular complexity index is 727. The maximum Gasteiger partial charge on any atom is 0.230 e. The molecule has 1 unspecified atom stereocenters. The highest BCUT2D eigenvalue weighted by Gasteiger charge is 2.50. The van der Waals surface area contributed by atoms with Crippen molar-refractivity contribution < 1.29 is 14.7 Å². The standard InChI is InChI=1S/C22H31N3O3/c1-16(26)23-17-3-5-18(6-4-17)24-13-2-11-22(15-24)12-14-25(21(22)28)19-7-9-20(27)10-8-19/h3-6,19-20,27H,2,7-15H2,1H3,(H,23,26). The Hall–Kier alpha value is -2.08. The van der Waals surface area contributed by atoms with Gasteiger partial charge in [0.25, 0.3) is 0 Å². The number of likely N-dealkylation sites (tertiary alicyclic amines) is 1. The zero-order valence-corrected chi connectivity index (χ0v) is 16.7. The first-order valence-electron chi connectivity index (χ1n) is 10.6. The lowest BCUT2D eigenvalue weighted by Gasteiger charge is -2.41. The molecule has 2 N–H and O–H groups in total. The quantitative estimate of drug-likeness (QED) is 0.839. The largest absolute Gasteiger partial charge is 0.393 e. The molecule has 0 aromatic heterocycles. The Morgan fingerprint density at radius 1 is 1.11 bits per heavy atom. The average molecular weight is 386 g/mol. The summed E-state index contributed by atoms with van der Waals surface area (Å²) in [4.78, 5) is 29.1. The maximum absolute atomic E-state index is 13.4. The summed E-state index contributed by atoms with van der Waals surface area (Å²) in [5.41, 5.74) is 1.65. The zero-order chi connectivity index (χ0) is 19.7. The Balaban J connectivity index is 1.44. The topological polar surface area (TPSA) is 72.9 Å². The number of hydrogen-bond donors (Lipinski definition) is 2. The SMILES string of the molecule is CC(=O)Nc1ccc(N2CCCC3(CCN(C4CCC(O)CC4)C3=O)C2)cc1. The van der Waals surface area contributed by atoms with Crippen molar-refractivity contribution in [1.29, 1.82) is 0 Å². The van der Waals surface area contributed by atoms with Gasteiger partial charge in [0.2, 0.25) is 11.8 Å². The van der Waals surface area contributed by atoms with Crippen LogP contribution in [0.2, 0.25) is 0 Å². The van der Waals surface area contributed by atoms with E-state index in [-0.39, 0.29) is 17.4 Å². The molecule has 1 spiro atoms. The first-order valence-corrected chi connectivity index (χ1v) is 10.6. The molecule has 3 aliphatic rings. The maximum atomic E-state index is 13.4. The van der Waals surface area contributed by atoms with Crippen molar-refractivity contribution in [3.8, 4) is 0 Å². The number of anilines is 2. The number of hydrogen-bond acceptors (Lipinski definition) is 4. The van der Waals surface area contributed by atoms with Gasteiger partial charge >= 0.3 is 0 Å². The number of aliphatic hydroxyl groups excluding tert-OH is 1. The van der Waals surface area contributed by atoms with E-state index in [9.17, 15) is 14.7 Å². The minimum absolute atomic E-state index is 0.0726. The number of nitrogens with one attached hydrogen (secondary N) is 1. The molecule has 1 saturated carbocycles. The first kappa shape index (κ1) is 19.2. The lowest BCUT2D eigenvalue weighted by Crippen LogP contribution is -2.50. The van der Waals surface area contributed by atoms with Crippen LogP contribution in [0, 0.1) is 5.41 Å². The van der Waals surface area contributed by atoms with E-state index in [4.69, 9.17) is 0 Å². The fraction of sp³-hybridized carbons (Fsp3) is 0.636. The summed E-state index contributed by atoms with van der Waals surface area (Å²) in [6.45, 7) is 4.10. The molecule has 1 aromatic rings. The third-order valence-electron chi connectivity index (χ3n) is 6.78. The molecule has 6 nitrogen and oxygen atoms in total. The van der Waals surface area contributed by atoms with Crippen LogP contribution < -0.4 is 10.2 Å². The minimum Gasteiger partial charge on any atom is -0.393 e. The monoisotopic (exact) mass is 385 g/mol. The number of nitrogens with zero attached hydrogens (tertiary/aromatic N) is 2. The van der Waals surface area contributed by atoms with E-state index < -0.39 is 0 Å². The molecule has 4 rings (SSSR count). The van der Waals surface area contributed by atoms with Crippen LogP contribution in [0.4, 0.5) is 11.4 Å². The summed E-state index contributed by atoms with van der Waals surface area (Å²) in [6, 6.07) is 8.22. The first-order chi connectivity index (χ1) is 13.5. The summed E-state index contributed by atoms with van der Waals surface area (Å²) >= 11 is 0. The van der Waals surface area contributed by atoms with E-state index in [1.807, 2.05) is 24.3 Å². The van der Waals surface area contributed by atoms with Crippen LogP contribution in [-0.2, 0) is 9.59 Å². The number of carbonyl (C=O) groups excluding carboxylic acids is 2. The average Bonchev–Trinajstić information content (AvgIpc) is 2.98. The van der Waals surface area contributed by atoms with Gasteiger partial charge in [-0.1, -0.05) is 0 Å². The highest BCUT2D eigenvalue weighted by atomic mass is 16.3. The van der Waals surface area contributed by atoms with Gasteiger partial charge in [0, 0.05) is 44.0 Å². The van der Waals surface area contributed by atoms with Crippen molar-refractivity contribution >= 4 is 23.2 Å². The molecule has 3 fully saturated rings. The summed E-state index contributed by atoms with van der Waals surface area (Å²) in [5.74, 6) is 0.255.